The summed E-state index contributed by atoms with van der Waals surface area (Å²) in [5.41, 5.74) is 5.24. The van der Waals surface area contributed by atoms with Crippen molar-refractivity contribution in [1.29, 1.82) is 0 Å². The Morgan fingerprint density at radius 2 is 1.86 bits per heavy atom. The monoisotopic (exact) mass is 371 g/mol. The van der Waals surface area contributed by atoms with Crippen LogP contribution < -0.4 is 0 Å². The van der Waals surface area contributed by atoms with E-state index < -0.39 is 0 Å². The lowest BCUT2D eigenvalue weighted by Crippen LogP contribution is -2.38. The summed E-state index contributed by atoms with van der Waals surface area (Å²) in [6, 6.07) is 20.5. The van der Waals surface area contributed by atoms with Crippen molar-refractivity contribution in [3.05, 3.63) is 84.4 Å². The maximum absolute atomic E-state index is 6.04. The number of nitrogens with zero attached hydrogens (tertiary/aromatic N) is 5. The molecule has 0 bridgehead atoms. The molecular weight excluding hydrogens is 350 g/mol. The number of benzene rings is 1. The fourth-order valence-electron chi connectivity index (χ4n) is 3.68. The zero-order valence-electron chi connectivity index (χ0n) is 15.5. The molecule has 4 aromatic rings. The predicted molar refractivity (Wildman–Crippen MR) is 107 cm³/mol. The lowest BCUT2D eigenvalue weighted by molar-refractivity contribution is -0.0346. The predicted octanol–water partition coefficient (Wildman–Crippen LogP) is 3.36. The first-order valence-corrected chi connectivity index (χ1v) is 9.51. The van der Waals surface area contributed by atoms with Gasteiger partial charge in [-0.15, -0.1) is 5.10 Å². The summed E-state index contributed by atoms with van der Waals surface area (Å²) in [6.45, 7) is 3.17. The lowest BCUT2D eigenvalue weighted by atomic mass is 10.1. The SMILES string of the molecule is c1ccc(-c2ccc3c(C4CN(Cc5ccccn5)CCO4)nnn3c2)cc1. The first kappa shape index (κ1) is 17.0. The van der Waals surface area contributed by atoms with E-state index in [4.69, 9.17) is 4.74 Å². The smallest absolute Gasteiger partial charge is 0.121 e. The summed E-state index contributed by atoms with van der Waals surface area (Å²) in [5.74, 6) is 0. The minimum Gasteiger partial charge on any atom is -0.369 e. The van der Waals surface area contributed by atoms with Crippen molar-refractivity contribution >= 4 is 5.52 Å². The molecule has 28 heavy (non-hydrogen) atoms. The Morgan fingerprint density at radius 1 is 0.964 bits per heavy atom. The van der Waals surface area contributed by atoms with Crippen LogP contribution in [0.3, 0.4) is 0 Å². The molecule has 0 aliphatic carbocycles. The molecule has 1 aliphatic rings. The van der Waals surface area contributed by atoms with Gasteiger partial charge in [0.05, 0.1) is 17.8 Å². The van der Waals surface area contributed by atoms with Crippen molar-refractivity contribution in [1.82, 2.24) is 24.7 Å². The molecule has 1 atom stereocenters. The highest BCUT2D eigenvalue weighted by molar-refractivity contribution is 5.66. The van der Waals surface area contributed by atoms with Crippen molar-refractivity contribution in [3.8, 4) is 11.1 Å². The van der Waals surface area contributed by atoms with Crippen molar-refractivity contribution in [3.63, 3.8) is 0 Å². The molecule has 5 rings (SSSR count). The fourth-order valence-corrected chi connectivity index (χ4v) is 3.68. The van der Waals surface area contributed by atoms with Gasteiger partial charge in [-0.2, -0.15) is 0 Å². The number of hydrogen-bond acceptors (Lipinski definition) is 5. The van der Waals surface area contributed by atoms with Crippen LogP contribution in [0.4, 0.5) is 0 Å². The van der Waals surface area contributed by atoms with Crippen LogP contribution >= 0.6 is 0 Å². The van der Waals surface area contributed by atoms with E-state index in [9.17, 15) is 0 Å². The molecule has 6 heteroatoms. The summed E-state index contributed by atoms with van der Waals surface area (Å²) in [4.78, 5) is 6.80. The highest BCUT2D eigenvalue weighted by Gasteiger charge is 2.26. The van der Waals surface area contributed by atoms with Crippen LogP contribution in [0.1, 0.15) is 17.5 Å². The average Bonchev–Trinajstić information content (AvgIpc) is 3.19. The van der Waals surface area contributed by atoms with Crippen LogP contribution in [0, 0.1) is 0 Å². The molecule has 1 saturated heterocycles. The molecule has 140 valence electrons. The first-order valence-electron chi connectivity index (χ1n) is 9.51. The lowest BCUT2D eigenvalue weighted by Gasteiger charge is -2.31. The minimum atomic E-state index is -0.0856. The third-order valence-electron chi connectivity index (χ3n) is 5.11. The second kappa shape index (κ2) is 7.50. The average molecular weight is 371 g/mol. The van der Waals surface area contributed by atoms with Gasteiger partial charge in [0.15, 0.2) is 0 Å². The van der Waals surface area contributed by atoms with E-state index >= 15 is 0 Å². The Kier molecular flexibility index (Phi) is 4.56. The van der Waals surface area contributed by atoms with E-state index in [1.165, 1.54) is 0 Å². The summed E-state index contributed by atoms with van der Waals surface area (Å²) in [5, 5.41) is 8.79. The molecule has 1 aromatic carbocycles. The number of aromatic nitrogens is 4. The van der Waals surface area contributed by atoms with Gasteiger partial charge in [0.25, 0.3) is 0 Å². The third-order valence-corrected chi connectivity index (χ3v) is 5.11. The van der Waals surface area contributed by atoms with Crippen LogP contribution in [0.15, 0.2) is 73.1 Å². The van der Waals surface area contributed by atoms with Gasteiger partial charge in [-0.1, -0.05) is 47.7 Å². The Labute approximate surface area is 163 Å². The molecule has 0 N–H and O–H groups in total. The number of rotatable bonds is 4. The standard InChI is InChI=1S/C22H21N5O/c1-2-6-17(7-3-1)18-9-10-20-22(24-25-27(20)14-18)21-16-26(12-13-28-21)15-19-8-4-5-11-23-19/h1-11,14,21H,12-13,15-16H2. The van der Waals surface area contributed by atoms with Gasteiger partial charge in [-0.25, -0.2) is 4.52 Å². The van der Waals surface area contributed by atoms with Crippen LogP contribution in [0.25, 0.3) is 16.6 Å². The highest BCUT2D eigenvalue weighted by atomic mass is 16.5. The van der Waals surface area contributed by atoms with Gasteiger partial charge in [0.1, 0.15) is 11.8 Å². The largest absolute Gasteiger partial charge is 0.369 e. The Morgan fingerprint density at radius 3 is 2.71 bits per heavy atom. The first-order chi connectivity index (χ1) is 13.9. The second-order valence-electron chi connectivity index (χ2n) is 7.00. The van der Waals surface area contributed by atoms with E-state index in [0.29, 0.717) is 6.61 Å². The molecule has 1 aliphatic heterocycles. The molecule has 4 heterocycles. The van der Waals surface area contributed by atoms with Crippen LogP contribution in [-0.2, 0) is 11.3 Å². The van der Waals surface area contributed by atoms with E-state index in [1.807, 2.05) is 47.2 Å². The van der Waals surface area contributed by atoms with Gasteiger partial charge in [-0.05, 0) is 23.8 Å². The zero-order valence-corrected chi connectivity index (χ0v) is 15.5. The summed E-state index contributed by atoms with van der Waals surface area (Å²) in [6.07, 6.45) is 3.78. The van der Waals surface area contributed by atoms with Crippen molar-refractivity contribution < 1.29 is 4.74 Å². The highest BCUT2D eigenvalue weighted by Crippen LogP contribution is 2.27. The minimum absolute atomic E-state index is 0.0856. The normalized spacial score (nSPS) is 17.8. The van der Waals surface area contributed by atoms with Crippen LogP contribution in [-0.4, -0.2) is 44.4 Å². The van der Waals surface area contributed by atoms with E-state index in [0.717, 1.165) is 47.7 Å². The molecule has 0 saturated carbocycles. The molecule has 0 spiro atoms. The van der Waals surface area contributed by atoms with E-state index in [-0.39, 0.29) is 6.10 Å². The molecule has 1 fully saturated rings. The molecule has 1 unspecified atom stereocenters. The third kappa shape index (κ3) is 3.40. The van der Waals surface area contributed by atoms with Crippen molar-refractivity contribution in [2.75, 3.05) is 19.7 Å². The Bertz CT molecular complexity index is 1060. The van der Waals surface area contributed by atoms with Gasteiger partial charge >= 0.3 is 0 Å². The molecule has 6 nitrogen and oxygen atoms in total. The number of ether oxygens (including phenoxy) is 1. The topological polar surface area (TPSA) is 55.5 Å². The van der Waals surface area contributed by atoms with Gasteiger partial charge in [0, 0.05) is 37.6 Å². The quantitative estimate of drug-likeness (QED) is 0.551. The number of pyridine rings is 2. The maximum atomic E-state index is 6.04. The fraction of sp³-hybridized carbons (Fsp3) is 0.227. The molecular formula is C22H21N5O. The Hall–Kier alpha value is -3.09. The van der Waals surface area contributed by atoms with Crippen LogP contribution in [0.2, 0.25) is 0 Å². The van der Waals surface area contributed by atoms with Crippen molar-refractivity contribution in [2.45, 2.75) is 12.6 Å². The number of hydrogen-bond donors (Lipinski definition) is 0. The molecule has 0 amide bonds. The number of fused-ring (bicyclic) bond motifs is 1. The van der Waals surface area contributed by atoms with Crippen LogP contribution in [0.5, 0.6) is 0 Å². The maximum Gasteiger partial charge on any atom is 0.121 e. The molecule has 0 radical (unpaired) electrons. The summed E-state index contributed by atoms with van der Waals surface area (Å²) >= 11 is 0. The molecule has 3 aromatic heterocycles. The summed E-state index contributed by atoms with van der Waals surface area (Å²) < 4.78 is 7.88. The number of morpholine rings is 1. The van der Waals surface area contributed by atoms with Gasteiger partial charge < -0.3 is 4.74 Å². The van der Waals surface area contributed by atoms with E-state index in [1.54, 1.807) is 0 Å². The second-order valence-corrected chi connectivity index (χ2v) is 7.00. The van der Waals surface area contributed by atoms with E-state index in [2.05, 4.69) is 50.5 Å². The zero-order chi connectivity index (χ0) is 18.8. The Balaban J connectivity index is 1.38. The summed E-state index contributed by atoms with van der Waals surface area (Å²) in [7, 11) is 0. The van der Waals surface area contributed by atoms with Gasteiger partial charge in [-0.3, -0.25) is 9.88 Å². The van der Waals surface area contributed by atoms with Crippen molar-refractivity contribution in [2.24, 2.45) is 0 Å². The van der Waals surface area contributed by atoms with Gasteiger partial charge in [0.2, 0.25) is 0 Å².